The number of likely N-dealkylation sites (tertiary alicyclic amines) is 1. The van der Waals surface area contributed by atoms with Gasteiger partial charge < -0.3 is 9.64 Å². The van der Waals surface area contributed by atoms with Gasteiger partial charge in [-0.1, -0.05) is 6.92 Å². The summed E-state index contributed by atoms with van der Waals surface area (Å²) in [6, 6.07) is -0.184. The number of ether oxygens (including phenoxy) is 1. The topological polar surface area (TPSA) is 70.2 Å². The van der Waals surface area contributed by atoms with E-state index in [1.54, 1.807) is 25.9 Å². The van der Waals surface area contributed by atoms with E-state index in [1.807, 2.05) is 0 Å². The van der Waals surface area contributed by atoms with Crippen LogP contribution < -0.4 is 0 Å². The number of hydrogen-bond donors (Lipinski definition) is 0. The molecule has 144 valence electrons. The Hall–Kier alpha value is -0.700. The molecular weight excluding hydrogens is 342 g/mol. The van der Waals surface area contributed by atoms with Gasteiger partial charge in [-0.25, -0.2) is 8.42 Å². The molecule has 0 aromatic carbocycles. The Morgan fingerprint density at radius 3 is 2.48 bits per heavy atom. The molecule has 3 rings (SSSR count). The van der Waals surface area contributed by atoms with Gasteiger partial charge in [0.15, 0.2) is 9.84 Å². The first-order chi connectivity index (χ1) is 11.7. The maximum Gasteiger partial charge on any atom is 0.241 e. The monoisotopic (exact) mass is 373 g/mol. The van der Waals surface area contributed by atoms with Crippen LogP contribution >= 0.6 is 0 Å². The molecular formula is C17H31N3O4S. The Morgan fingerprint density at radius 1 is 1.24 bits per heavy atom. The van der Waals surface area contributed by atoms with E-state index in [0.29, 0.717) is 13.2 Å². The van der Waals surface area contributed by atoms with E-state index in [1.165, 1.54) is 12.8 Å². The molecule has 1 aliphatic carbocycles. The van der Waals surface area contributed by atoms with Gasteiger partial charge in [0.1, 0.15) is 11.6 Å². The Kier molecular flexibility index (Phi) is 5.44. The Bertz CT molecular complexity index is 597. The van der Waals surface area contributed by atoms with Crippen molar-refractivity contribution in [2.75, 3.05) is 64.9 Å². The molecule has 7 nitrogen and oxygen atoms in total. The van der Waals surface area contributed by atoms with Crippen LogP contribution in [-0.2, 0) is 19.4 Å². The van der Waals surface area contributed by atoms with Crippen LogP contribution in [0, 0.1) is 5.92 Å². The number of amides is 1. The molecule has 0 aromatic heterocycles. The van der Waals surface area contributed by atoms with Crippen LogP contribution in [0.15, 0.2) is 0 Å². The Balaban J connectivity index is 1.55. The molecule has 3 aliphatic rings. The molecule has 1 spiro atoms. The highest BCUT2D eigenvalue weighted by Crippen LogP contribution is 2.35. The lowest BCUT2D eigenvalue weighted by Gasteiger charge is -2.55. The summed E-state index contributed by atoms with van der Waals surface area (Å²) < 4.78 is 29.5. The highest BCUT2D eigenvalue weighted by atomic mass is 32.2. The van der Waals surface area contributed by atoms with Gasteiger partial charge in [-0.05, 0) is 18.8 Å². The first-order valence-electron chi connectivity index (χ1n) is 9.25. The summed E-state index contributed by atoms with van der Waals surface area (Å²) in [5, 5.41) is 0. The standard InChI is InChI=1S/C17H31N3O4S/c1-4-25(22,23)8-7-19-11-17(12-19)13-20(9-14-5-6-14)15(10-24-17)16(21)18(2)3/h14-15H,4-13H2,1-3H3/t15-/m1/s1. The van der Waals surface area contributed by atoms with Crippen LogP contribution in [-0.4, -0.2) is 106 Å². The van der Waals surface area contributed by atoms with Crippen LogP contribution in [0.25, 0.3) is 0 Å². The summed E-state index contributed by atoms with van der Waals surface area (Å²) in [7, 11) is 0.662. The van der Waals surface area contributed by atoms with E-state index in [4.69, 9.17) is 4.74 Å². The molecule has 0 aromatic rings. The van der Waals surface area contributed by atoms with Crippen molar-refractivity contribution < 1.29 is 17.9 Å². The predicted molar refractivity (Wildman–Crippen MR) is 96.2 cm³/mol. The third kappa shape index (κ3) is 4.53. The molecule has 0 N–H and O–H groups in total. The molecule has 0 radical (unpaired) electrons. The van der Waals surface area contributed by atoms with E-state index in [2.05, 4.69) is 9.80 Å². The van der Waals surface area contributed by atoms with Gasteiger partial charge in [-0.2, -0.15) is 0 Å². The lowest BCUT2D eigenvalue weighted by atomic mass is 9.90. The van der Waals surface area contributed by atoms with Crippen LogP contribution in [0.3, 0.4) is 0 Å². The zero-order valence-electron chi connectivity index (χ0n) is 15.6. The molecule has 2 heterocycles. The van der Waals surface area contributed by atoms with Crippen molar-refractivity contribution in [3.05, 3.63) is 0 Å². The third-order valence-electron chi connectivity index (χ3n) is 5.58. The number of carbonyl (C=O) groups excluding carboxylic acids is 1. The molecule has 1 atom stereocenters. The number of morpholine rings is 1. The zero-order valence-corrected chi connectivity index (χ0v) is 16.4. The van der Waals surface area contributed by atoms with E-state index >= 15 is 0 Å². The predicted octanol–water partition coefficient (Wildman–Crippen LogP) is -0.325. The number of rotatable bonds is 7. The summed E-state index contributed by atoms with van der Waals surface area (Å²) >= 11 is 0. The van der Waals surface area contributed by atoms with Gasteiger partial charge in [0.2, 0.25) is 5.91 Å². The normalized spacial score (nSPS) is 27.2. The second kappa shape index (κ2) is 7.13. The van der Waals surface area contributed by atoms with E-state index in [0.717, 1.165) is 32.1 Å². The van der Waals surface area contributed by atoms with Crippen molar-refractivity contribution in [3.63, 3.8) is 0 Å². The first-order valence-corrected chi connectivity index (χ1v) is 11.1. The van der Waals surface area contributed by atoms with Crippen molar-refractivity contribution >= 4 is 15.7 Å². The number of sulfone groups is 1. The van der Waals surface area contributed by atoms with Gasteiger partial charge in [0.25, 0.3) is 0 Å². The summed E-state index contributed by atoms with van der Waals surface area (Å²) in [4.78, 5) is 18.6. The van der Waals surface area contributed by atoms with Gasteiger partial charge in [0, 0.05) is 52.6 Å². The van der Waals surface area contributed by atoms with Crippen LogP contribution in [0.5, 0.6) is 0 Å². The van der Waals surface area contributed by atoms with Crippen molar-refractivity contribution in [2.24, 2.45) is 5.92 Å². The second-order valence-corrected chi connectivity index (χ2v) is 10.5. The fourth-order valence-electron chi connectivity index (χ4n) is 3.77. The minimum atomic E-state index is -2.92. The lowest BCUT2D eigenvalue weighted by molar-refractivity contribution is -0.202. The molecule has 3 fully saturated rings. The minimum absolute atomic E-state index is 0.112. The van der Waals surface area contributed by atoms with Crippen LogP contribution in [0.4, 0.5) is 0 Å². The van der Waals surface area contributed by atoms with Gasteiger partial charge in [0.05, 0.1) is 12.4 Å². The van der Waals surface area contributed by atoms with Crippen molar-refractivity contribution in [3.8, 4) is 0 Å². The average molecular weight is 374 g/mol. The van der Waals surface area contributed by atoms with E-state index in [-0.39, 0.29) is 29.1 Å². The smallest absolute Gasteiger partial charge is 0.241 e. The van der Waals surface area contributed by atoms with Gasteiger partial charge in [-0.15, -0.1) is 0 Å². The van der Waals surface area contributed by atoms with Crippen molar-refractivity contribution in [1.29, 1.82) is 0 Å². The summed E-state index contributed by atoms with van der Waals surface area (Å²) in [5.41, 5.74) is -0.228. The Labute approximate surface area is 151 Å². The van der Waals surface area contributed by atoms with Crippen LogP contribution in [0.1, 0.15) is 19.8 Å². The largest absolute Gasteiger partial charge is 0.369 e. The fourth-order valence-corrected chi connectivity index (χ4v) is 4.59. The van der Waals surface area contributed by atoms with E-state index in [9.17, 15) is 13.2 Å². The minimum Gasteiger partial charge on any atom is -0.369 e. The van der Waals surface area contributed by atoms with Gasteiger partial charge >= 0.3 is 0 Å². The maximum atomic E-state index is 12.5. The molecule has 0 bridgehead atoms. The average Bonchev–Trinajstić information content (AvgIpc) is 3.34. The molecule has 1 saturated carbocycles. The SMILES string of the molecule is CCS(=O)(=O)CCN1CC2(C1)CN(CC1CC1)[C@@H](C(=O)N(C)C)CO2. The highest BCUT2D eigenvalue weighted by Gasteiger charge is 2.51. The quantitative estimate of drug-likeness (QED) is 0.609. The fraction of sp³-hybridized carbons (Fsp3) is 0.941. The van der Waals surface area contributed by atoms with Crippen molar-refractivity contribution in [1.82, 2.24) is 14.7 Å². The van der Waals surface area contributed by atoms with E-state index < -0.39 is 9.84 Å². The number of nitrogens with zero attached hydrogens (tertiary/aromatic N) is 3. The van der Waals surface area contributed by atoms with Crippen LogP contribution in [0.2, 0.25) is 0 Å². The zero-order chi connectivity index (χ0) is 18.2. The number of likely N-dealkylation sites (N-methyl/N-ethyl adjacent to an activating group) is 1. The number of carbonyl (C=O) groups is 1. The lowest BCUT2D eigenvalue weighted by Crippen LogP contribution is -2.73. The summed E-state index contributed by atoms with van der Waals surface area (Å²) in [6.07, 6.45) is 2.52. The molecule has 0 unspecified atom stereocenters. The summed E-state index contributed by atoms with van der Waals surface area (Å²) in [5.74, 6) is 1.25. The van der Waals surface area contributed by atoms with Crippen molar-refractivity contribution in [2.45, 2.75) is 31.4 Å². The molecule has 1 amide bonds. The molecule has 2 saturated heterocycles. The molecule has 25 heavy (non-hydrogen) atoms. The highest BCUT2D eigenvalue weighted by molar-refractivity contribution is 7.91. The maximum absolute atomic E-state index is 12.5. The molecule has 8 heteroatoms. The summed E-state index contributed by atoms with van der Waals surface area (Å²) in [6.45, 7) is 5.96. The second-order valence-electron chi connectivity index (χ2n) is 8.06. The third-order valence-corrected chi connectivity index (χ3v) is 7.26. The molecule has 2 aliphatic heterocycles. The van der Waals surface area contributed by atoms with Gasteiger partial charge in [-0.3, -0.25) is 14.6 Å². The Morgan fingerprint density at radius 2 is 1.92 bits per heavy atom. The number of hydrogen-bond acceptors (Lipinski definition) is 6. The first kappa shape index (κ1) is 19.1.